The van der Waals surface area contributed by atoms with Crippen LogP contribution in [0.25, 0.3) is 0 Å². The molecule has 0 spiro atoms. The Labute approximate surface area is 191 Å². The molecule has 0 aromatic carbocycles. The molecule has 1 N–H and O–H groups in total. The van der Waals surface area contributed by atoms with Gasteiger partial charge in [-0.05, 0) is 50.9 Å². The molecule has 176 valence electrons. The van der Waals surface area contributed by atoms with Gasteiger partial charge in [0.15, 0.2) is 5.13 Å². The normalized spacial score (nSPS) is 19.7. The van der Waals surface area contributed by atoms with Gasteiger partial charge in [0.1, 0.15) is 11.5 Å². The summed E-state index contributed by atoms with van der Waals surface area (Å²) in [4.78, 5) is 30.8. The Morgan fingerprint density at radius 1 is 1.35 bits per heavy atom. The number of esters is 1. The number of urea groups is 1. The van der Waals surface area contributed by atoms with Crippen LogP contribution in [-0.2, 0) is 20.8 Å². The molecule has 31 heavy (non-hydrogen) atoms. The Bertz CT molecular complexity index is 750. The van der Waals surface area contributed by atoms with E-state index < -0.39 is 23.8 Å². The zero-order chi connectivity index (χ0) is 23.0. The molecule has 1 atom stereocenters. The quantitative estimate of drug-likeness (QED) is 0.409. The van der Waals surface area contributed by atoms with Crippen molar-refractivity contribution in [3.63, 3.8) is 0 Å². The van der Waals surface area contributed by atoms with Gasteiger partial charge in [0, 0.05) is 23.9 Å². The SMILES string of the molecule is CCOC(=O)CN(c1cnc(NC(=O)N(CCC(C)C)C2CCC(C)CC2)s1)S(=O)[O-]. The summed E-state index contributed by atoms with van der Waals surface area (Å²) in [5, 5.41) is 3.34. The Kier molecular flexibility index (Phi) is 10.2. The first-order valence-electron chi connectivity index (χ1n) is 10.8. The molecule has 1 saturated carbocycles. The third-order valence-corrected chi connectivity index (χ3v) is 7.08. The lowest BCUT2D eigenvalue weighted by Crippen LogP contribution is -2.45. The minimum atomic E-state index is -2.67. The predicted octanol–water partition coefficient (Wildman–Crippen LogP) is 3.77. The molecule has 0 saturated heterocycles. The molecule has 1 aliphatic carbocycles. The van der Waals surface area contributed by atoms with Crippen molar-refractivity contribution in [2.45, 2.75) is 65.8 Å². The summed E-state index contributed by atoms with van der Waals surface area (Å²) in [5.74, 6) is 0.510. The van der Waals surface area contributed by atoms with E-state index in [9.17, 15) is 18.4 Å². The number of aromatic nitrogens is 1. The van der Waals surface area contributed by atoms with E-state index in [1.165, 1.54) is 6.20 Å². The molecule has 9 nitrogen and oxygen atoms in total. The van der Waals surface area contributed by atoms with E-state index in [1.54, 1.807) is 6.92 Å². The minimum Gasteiger partial charge on any atom is -0.755 e. The van der Waals surface area contributed by atoms with Gasteiger partial charge in [-0.15, -0.1) is 0 Å². The Morgan fingerprint density at radius 2 is 2.03 bits per heavy atom. The van der Waals surface area contributed by atoms with Gasteiger partial charge in [-0.2, -0.15) is 0 Å². The summed E-state index contributed by atoms with van der Waals surface area (Å²) in [6.07, 6.45) is 6.42. The van der Waals surface area contributed by atoms with Crippen LogP contribution in [0.5, 0.6) is 0 Å². The zero-order valence-electron chi connectivity index (χ0n) is 18.7. The first-order chi connectivity index (χ1) is 14.7. The van der Waals surface area contributed by atoms with Gasteiger partial charge in [-0.1, -0.05) is 32.1 Å². The van der Waals surface area contributed by atoms with Crippen LogP contribution in [0.4, 0.5) is 14.9 Å². The summed E-state index contributed by atoms with van der Waals surface area (Å²) in [6, 6.07) is -0.0230. The first-order valence-corrected chi connectivity index (χ1v) is 12.6. The summed E-state index contributed by atoms with van der Waals surface area (Å²) >= 11 is -1.67. The van der Waals surface area contributed by atoms with E-state index in [2.05, 4.69) is 31.1 Å². The Morgan fingerprint density at radius 3 is 2.61 bits per heavy atom. The first kappa shape index (κ1) is 25.5. The lowest BCUT2D eigenvalue weighted by molar-refractivity contribution is -0.141. The lowest BCUT2D eigenvalue weighted by Gasteiger charge is -2.36. The van der Waals surface area contributed by atoms with Crippen molar-refractivity contribution < 1.29 is 23.1 Å². The fourth-order valence-corrected chi connectivity index (χ4v) is 4.94. The van der Waals surface area contributed by atoms with Crippen LogP contribution in [0.2, 0.25) is 0 Å². The maximum absolute atomic E-state index is 13.1. The second-order valence-corrected chi connectivity index (χ2v) is 10.2. The van der Waals surface area contributed by atoms with E-state index in [0.717, 1.165) is 47.7 Å². The molecule has 0 aliphatic heterocycles. The number of ether oxygens (including phenoxy) is 1. The van der Waals surface area contributed by atoms with Crippen molar-refractivity contribution >= 4 is 44.7 Å². The number of carbonyl (C=O) groups is 2. The molecule has 1 heterocycles. The number of nitrogens with zero attached hydrogens (tertiary/aromatic N) is 3. The molecule has 1 aromatic rings. The lowest BCUT2D eigenvalue weighted by atomic mass is 9.86. The van der Waals surface area contributed by atoms with Crippen LogP contribution in [-0.4, -0.2) is 56.4 Å². The number of nitrogens with one attached hydrogen (secondary N) is 1. The van der Waals surface area contributed by atoms with Gasteiger partial charge >= 0.3 is 12.0 Å². The predicted molar refractivity (Wildman–Crippen MR) is 122 cm³/mol. The van der Waals surface area contributed by atoms with Crippen molar-refractivity contribution in [1.29, 1.82) is 0 Å². The second-order valence-electron chi connectivity index (χ2n) is 8.28. The molecule has 1 aromatic heterocycles. The van der Waals surface area contributed by atoms with Crippen molar-refractivity contribution in [1.82, 2.24) is 9.88 Å². The van der Waals surface area contributed by atoms with E-state index in [1.807, 2.05) is 4.90 Å². The van der Waals surface area contributed by atoms with Crippen LogP contribution in [0.15, 0.2) is 6.20 Å². The third-order valence-electron chi connectivity index (χ3n) is 5.35. The second kappa shape index (κ2) is 12.4. The van der Waals surface area contributed by atoms with Gasteiger partial charge in [0.25, 0.3) is 0 Å². The monoisotopic (exact) mass is 473 g/mol. The molecule has 1 fully saturated rings. The molecule has 0 bridgehead atoms. The maximum Gasteiger partial charge on any atom is 0.326 e. The number of amides is 2. The van der Waals surface area contributed by atoms with Gasteiger partial charge in [0.2, 0.25) is 0 Å². The summed E-state index contributed by atoms with van der Waals surface area (Å²) in [6.45, 7) is 8.54. The molecule has 0 radical (unpaired) electrons. The number of anilines is 2. The number of rotatable bonds is 10. The van der Waals surface area contributed by atoms with Crippen LogP contribution < -0.4 is 9.62 Å². The van der Waals surface area contributed by atoms with E-state index in [4.69, 9.17) is 4.74 Å². The largest absolute Gasteiger partial charge is 0.755 e. The highest BCUT2D eigenvalue weighted by atomic mass is 32.2. The molecule has 11 heteroatoms. The average Bonchev–Trinajstić information content (AvgIpc) is 3.15. The highest BCUT2D eigenvalue weighted by Gasteiger charge is 2.28. The highest BCUT2D eigenvalue weighted by Crippen LogP contribution is 2.30. The molecular weight excluding hydrogens is 440 g/mol. The van der Waals surface area contributed by atoms with Crippen molar-refractivity contribution in [2.75, 3.05) is 29.3 Å². The van der Waals surface area contributed by atoms with Gasteiger partial charge in [-0.3, -0.25) is 18.6 Å². The third kappa shape index (κ3) is 8.04. The fraction of sp³-hybridized carbons (Fsp3) is 0.750. The Balaban J connectivity index is 2.08. The molecule has 1 aliphatic rings. The molecule has 2 amide bonds. The summed E-state index contributed by atoms with van der Waals surface area (Å²) in [7, 11) is 0. The van der Waals surface area contributed by atoms with Crippen molar-refractivity contribution in [3.8, 4) is 0 Å². The van der Waals surface area contributed by atoms with Crippen molar-refractivity contribution in [3.05, 3.63) is 6.20 Å². The summed E-state index contributed by atoms with van der Waals surface area (Å²) < 4.78 is 28.8. The van der Waals surface area contributed by atoms with Crippen molar-refractivity contribution in [2.24, 2.45) is 11.8 Å². The van der Waals surface area contributed by atoms with E-state index in [-0.39, 0.29) is 28.8 Å². The Hall–Kier alpha value is -1.72. The maximum atomic E-state index is 13.1. The van der Waals surface area contributed by atoms with Crippen LogP contribution in [0.3, 0.4) is 0 Å². The molecule has 2 rings (SSSR count). The average molecular weight is 474 g/mol. The number of hydrogen-bond donors (Lipinski definition) is 1. The molecular formula is C20H33N4O5S2-. The highest BCUT2D eigenvalue weighted by molar-refractivity contribution is 7.81. The minimum absolute atomic E-state index is 0.161. The number of thiazole rings is 1. The van der Waals surface area contributed by atoms with Crippen LogP contribution in [0, 0.1) is 11.8 Å². The molecule has 1 unspecified atom stereocenters. The zero-order valence-corrected chi connectivity index (χ0v) is 20.3. The standard InChI is InChI=1S/C20H34N4O5S2/c1-5-29-18(25)13-24(31(27)28)17-12-21-19(30-17)22-20(26)23(11-10-14(2)3)16-8-6-15(4)7-9-16/h12,14-16H,5-11,13H2,1-4H3,(H,27,28)(H,21,22,26)/p-1. The van der Waals surface area contributed by atoms with Crippen LogP contribution >= 0.6 is 11.3 Å². The smallest absolute Gasteiger partial charge is 0.326 e. The van der Waals surface area contributed by atoms with Gasteiger partial charge in [0.05, 0.1) is 12.8 Å². The number of hydrogen-bond acceptors (Lipinski definition) is 7. The fourth-order valence-electron chi connectivity index (χ4n) is 3.53. The van der Waals surface area contributed by atoms with E-state index in [0.29, 0.717) is 18.4 Å². The van der Waals surface area contributed by atoms with Gasteiger partial charge < -0.3 is 14.2 Å². The topological polar surface area (TPSA) is 115 Å². The summed E-state index contributed by atoms with van der Waals surface area (Å²) in [5.41, 5.74) is 0. The van der Waals surface area contributed by atoms with Crippen LogP contribution in [0.1, 0.15) is 59.8 Å². The van der Waals surface area contributed by atoms with Gasteiger partial charge in [-0.25, -0.2) is 9.78 Å². The number of carbonyl (C=O) groups excluding carboxylic acids is 2. The van der Waals surface area contributed by atoms with E-state index >= 15 is 0 Å².